The highest BCUT2D eigenvalue weighted by molar-refractivity contribution is 5.71. The summed E-state index contributed by atoms with van der Waals surface area (Å²) in [4.78, 5) is 38.0. The van der Waals surface area contributed by atoms with Gasteiger partial charge in [0.1, 0.15) is 13.2 Å². The molecule has 0 aromatic heterocycles. The molecule has 0 saturated heterocycles. The van der Waals surface area contributed by atoms with Crippen LogP contribution in [0.15, 0.2) is 109 Å². The first-order valence-corrected chi connectivity index (χ1v) is 26.4. The van der Waals surface area contributed by atoms with E-state index in [9.17, 15) is 14.4 Å². The molecule has 0 rings (SSSR count). The molecule has 0 aromatic carbocycles. The molecule has 0 aliphatic heterocycles. The van der Waals surface area contributed by atoms with Gasteiger partial charge in [0.2, 0.25) is 0 Å². The van der Waals surface area contributed by atoms with E-state index < -0.39 is 6.10 Å². The van der Waals surface area contributed by atoms with Crippen LogP contribution in [-0.2, 0) is 28.6 Å². The lowest BCUT2D eigenvalue weighted by molar-refractivity contribution is -0.167. The first kappa shape index (κ1) is 61.1. The summed E-state index contributed by atoms with van der Waals surface area (Å²) in [6, 6.07) is 0. The highest BCUT2D eigenvalue weighted by Crippen LogP contribution is 2.11. The lowest BCUT2D eigenvalue weighted by Crippen LogP contribution is -2.30. The molecule has 0 heterocycles. The molecular formula is C59H96O6. The molecule has 0 bridgehead atoms. The van der Waals surface area contributed by atoms with Gasteiger partial charge in [-0.2, -0.15) is 0 Å². The highest BCUT2D eigenvalue weighted by atomic mass is 16.6. The van der Waals surface area contributed by atoms with E-state index in [1.807, 2.05) is 0 Å². The lowest BCUT2D eigenvalue weighted by atomic mass is 10.1. The van der Waals surface area contributed by atoms with Gasteiger partial charge in [0.05, 0.1) is 0 Å². The van der Waals surface area contributed by atoms with Gasteiger partial charge in [0.15, 0.2) is 6.10 Å². The van der Waals surface area contributed by atoms with Crippen molar-refractivity contribution in [1.82, 2.24) is 0 Å². The summed E-state index contributed by atoms with van der Waals surface area (Å²) in [5, 5.41) is 0. The van der Waals surface area contributed by atoms with Gasteiger partial charge >= 0.3 is 17.9 Å². The number of hydrogen-bond acceptors (Lipinski definition) is 6. The predicted molar refractivity (Wildman–Crippen MR) is 279 cm³/mol. The molecule has 0 aliphatic carbocycles. The molecule has 0 amide bonds. The van der Waals surface area contributed by atoms with Crippen LogP contribution in [-0.4, -0.2) is 37.2 Å². The van der Waals surface area contributed by atoms with E-state index in [1.54, 1.807) is 0 Å². The smallest absolute Gasteiger partial charge is 0.306 e. The van der Waals surface area contributed by atoms with Crippen molar-refractivity contribution in [3.05, 3.63) is 109 Å². The number of ether oxygens (including phenoxy) is 3. The second-order valence-corrected chi connectivity index (χ2v) is 17.1. The molecule has 0 radical (unpaired) electrons. The number of hydrogen-bond donors (Lipinski definition) is 0. The number of unbranched alkanes of at least 4 members (excludes halogenated alkanes) is 17. The van der Waals surface area contributed by atoms with E-state index in [0.29, 0.717) is 19.3 Å². The molecule has 0 spiro atoms. The maximum atomic E-state index is 12.8. The van der Waals surface area contributed by atoms with Crippen molar-refractivity contribution in [3.8, 4) is 0 Å². The highest BCUT2D eigenvalue weighted by Gasteiger charge is 2.19. The predicted octanol–water partition coefficient (Wildman–Crippen LogP) is 17.5. The summed E-state index contributed by atoms with van der Waals surface area (Å²) in [6.45, 7) is 6.45. The van der Waals surface area contributed by atoms with Crippen LogP contribution >= 0.6 is 0 Å². The van der Waals surface area contributed by atoms with Crippen LogP contribution in [0.3, 0.4) is 0 Å². The molecule has 0 aliphatic rings. The van der Waals surface area contributed by atoms with Crippen LogP contribution in [0.2, 0.25) is 0 Å². The van der Waals surface area contributed by atoms with E-state index in [0.717, 1.165) is 96.3 Å². The Bertz CT molecular complexity index is 1360. The Kier molecular flexibility index (Phi) is 49.5. The van der Waals surface area contributed by atoms with Gasteiger partial charge in [-0.05, 0) is 128 Å². The van der Waals surface area contributed by atoms with Crippen LogP contribution in [0.25, 0.3) is 0 Å². The van der Waals surface area contributed by atoms with E-state index >= 15 is 0 Å². The van der Waals surface area contributed by atoms with Crippen LogP contribution in [0.4, 0.5) is 0 Å². The largest absolute Gasteiger partial charge is 0.462 e. The summed E-state index contributed by atoms with van der Waals surface area (Å²) in [5.74, 6) is -1.03. The van der Waals surface area contributed by atoms with Crippen molar-refractivity contribution in [2.24, 2.45) is 0 Å². The Morgan fingerprint density at radius 3 is 0.954 bits per heavy atom. The SMILES string of the molecule is CCCCC/C=C\C/C=C\C/C=C\C/C=C\CCCC(=O)OC[C@H](COC(=O)CCCCCCC/C=C\C/C=C\CCCCC)OC(=O)CCCC/C=C\C/C=C\C/C=C\CCCCC. The second kappa shape index (κ2) is 52.7. The summed E-state index contributed by atoms with van der Waals surface area (Å²) >= 11 is 0. The van der Waals surface area contributed by atoms with Crippen molar-refractivity contribution in [3.63, 3.8) is 0 Å². The van der Waals surface area contributed by atoms with Crippen LogP contribution in [0.5, 0.6) is 0 Å². The van der Waals surface area contributed by atoms with Crippen LogP contribution in [0, 0.1) is 0 Å². The average molecular weight is 901 g/mol. The van der Waals surface area contributed by atoms with E-state index in [4.69, 9.17) is 14.2 Å². The topological polar surface area (TPSA) is 78.9 Å². The van der Waals surface area contributed by atoms with Gasteiger partial charge in [-0.25, -0.2) is 0 Å². The number of allylic oxidation sites excluding steroid dienone is 18. The number of carbonyl (C=O) groups is 3. The Labute approximate surface area is 400 Å². The maximum absolute atomic E-state index is 12.8. The van der Waals surface area contributed by atoms with Gasteiger partial charge in [-0.15, -0.1) is 0 Å². The fourth-order valence-electron chi connectivity index (χ4n) is 6.70. The van der Waals surface area contributed by atoms with E-state index in [1.165, 1.54) is 77.0 Å². The van der Waals surface area contributed by atoms with Gasteiger partial charge < -0.3 is 14.2 Å². The summed E-state index contributed by atoms with van der Waals surface area (Å²) in [7, 11) is 0. The second-order valence-electron chi connectivity index (χ2n) is 17.1. The summed E-state index contributed by atoms with van der Waals surface area (Å²) < 4.78 is 16.7. The van der Waals surface area contributed by atoms with E-state index in [2.05, 4.69) is 130 Å². The third-order valence-corrected chi connectivity index (χ3v) is 10.7. The Morgan fingerprint density at radius 2 is 0.569 bits per heavy atom. The molecule has 6 nitrogen and oxygen atoms in total. The third-order valence-electron chi connectivity index (χ3n) is 10.7. The molecule has 0 fully saturated rings. The lowest BCUT2D eigenvalue weighted by Gasteiger charge is -2.18. The Morgan fingerprint density at radius 1 is 0.308 bits per heavy atom. The molecule has 0 N–H and O–H groups in total. The standard InChI is InChI=1S/C59H96O6/c1-4-7-10-13-16-19-22-25-28-29-32-34-37-40-43-46-49-52-58(61)64-55-56(65-59(62)53-50-47-44-41-38-35-31-27-24-21-18-15-12-9-6-3)54-63-57(60)51-48-45-42-39-36-33-30-26-23-20-17-14-11-8-5-2/h16-21,25-28,30-32,34,38,40-41,43,56H,4-15,22-24,29,33,35-37,39,42,44-55H2,1-3H3/b19-16-,20-17-,21-18-,28-25-,30-26-,31-27-,34-32-,41-38-,43-40-/t56-/m0/s1. The number of rotatable bonds is 46. The van der Waals surface area contributed by atoms with Crippen molar-refractivity contribution in [1.29, 1.82) is 0 Å². The molecule has 1 atom stereocenters. The minimum atomic E-state index is -0.827. The monoisotopic (exact) mass is 901 g/mol. The molecule has 6 heteroatoms. The van der Waals surface area contributed by atoms with Gasteiger partial charge in [-0.3, -0.25) is 14.4 Å². The zero-order valence-corrected chi connectivity index (χ0v) is 42.0. The molecule has 0 unspecified atom stereocenters. The van der Waals surface area contributed by atoms with Crippen LogP contribution < -0.4 is 0 Å². The normalized spacial score (nSPS) is 13.0. The van der Waals surface area contributed by atoms with Crippen molar-refractivity contribution >= 4 is 17.9 Å². The first-order valence-electron chi connectivity index (χ1n) is 26.4. The average Bonchev–Trinajstić information content (AvgIpc) is 3.30. The molecule has 65 heavy (non-hydrogen) atoms. The van der Waals surface area contributed by atoms with Crippen LogP contribution in [0.1, 0.15) is 226 Å². The van der Waals surface area contributed by atoms with Gasteiger partial charge in [0, 0.05) is 19.3 Å². The van der Waals surface area contributed by atoms with Crippen molar-refractivity contribution < 1.29 is 28.6 Å². The van der Waals surface area contributed by atoms with Gasteiger partial charge in [0.25, 0.3) is 0 Å². The molecule has 0 saturated carbocycles. The zero-order chi connectivity index (χ0) is 47.2. The minimum absolute atomic E-state index is 0.120. The molecule has 0 aromatic rings. The third kappa shape index (κ3) is 50.9. The maximum Gasteiger partial charge on any atom is 0.306 e. The number of carbonyl (C=O) groups excluding carboxylic acids is 3. The fraction of sp³-hybridized carbons (Fsp3) is 0.644. The van der Waals surface area contributed by atoms with Gasteiger partial charge in [-0.1, -0.05) is 188 Å². The van der Waals surface area contributed by atoms with E-state index in [-0.39, 0.29) is 44.0 Å². The summed E-state index contributed by atoms with van der Waals surface area (Å²) in [5.41, 5.74) is 0. The molecular weight excluding hydrogens is 805 g/mol. The summed E-state index contributed by atoms with van der Waals surface area (Å²) in [6.07, 6.45) is 70.7. The Balaban J connectivity index is 4.58. The van der Waals surface area contributed by atoms with Crippen molar-refractivity contribution in [2.45, 2.75) is 232 Å². The number of esters is 3. The van der Waals surface area contributed by atoms with Crippen molar-refractivity contribution in [2.75, 3.05) is 13.2 Å². The zero-order valence-electron chi connectivity index (χ0n) is 42.0. The first-order chi connectivity index (χ1) is 32.0. The molecule has 368 valence electrons. The minimum Gasteiger partial charge on any atom is -0.462 e. The fourth-order valence-corrected chi connectivity index (χ4v) is 6.70. The quantitative estimate of drug-likeness (QED) is 0.0262. The Hall–Kier alpha value is -3.93.